The molecule has 0 aliphatic carbocycles. The Balaban J connectivity index is 2.24. The Morgan fingerprint density at radius 3 is 2.65 bits per heavy atom. The van der Waals surface area contributed by atoms with Crippen LogP contribution in [0.5, 0.6) is 0 Å². The molecule has 1 aliphatic heterocycles. The third-order valence-corrected chi connectivity index (χ3v) is 6.71. The molecule has 1 unspecified atom stereocenters. The molecule has 0 aromatic heterocycles. The summed E-state index contributed by atoms with van der Waals surface area (Å²) in [6.07, 6.45) is 2.59. The molecule has 1 atom stereocenters. The Labute approximate surface area is 155 Å². The van der Waals surface area contributed by atoms with Crippen LogP contribution in [0.3, 0.4) is 0 Å². The van der Waals surface area contributed by atoms with Crippen LogP contribution >= 0.6 is 0 Å². The summed E-state index contributed by atoms with van der Waals surface area (Å²) < 4.78 is 26.3. The summed E-state index contributed by atoms with van der Waals surface area (Å²) in [4.78, 5) is 24.7. The number of sulfonamides is 1. The van der Waals surface area contributed by atoms with E-state index in [1.165, 1.54) is 4.31 Å². The molecular formula is C18H27N3O4S. The van der Waals surface area contributed by atoms with Gasteiger partial charge in [0.1, 0.15) is 6.04 Å². The lowest BCUT2D eigenvalue weighted by Crippen LogP contribution is -2.50. The standard InChI is InChI=1S/C18H27N3O4S/c1-4-12-26(24,25)21-11-6-5-10-16(21)18(23)20-15-9-7-8-14(13(15)2)17(22)19-3/h7-9,16H,4-6,10-12H2,1-3H3,(H,19,22)(H,20,23). The Morgan fingerprint density at radius 2 is 2.00 bits per heavy atom. The number of amides is 2. The zero-order chi connectivity index (χ0) is 19.3. The molecule has 144 valence electrons. The number of rotatable bonds is 6. The molecule has 0 radical (unpaired) electrons. The van der Waals surface area contributed by atoms with E-state index in [1.807, 2.05) is 6.92 Å². The SMILES string of the molecule is CCCS(=O)(=O)N1CCCCC1C(=O)Nc1cccc(C(=O)NC)c1C. The molecule has 7 nitrogen and oxygen atoms in total. The monoisotopic (exact) mass is 381 g/mol. The molecule has 1 aromatic carbocycles. The normalized spacial score (nSPS) is 18.3. The minimum absolute atomic E-state index is 0.0436. The van der Waals surface area contributed by atoms with Crippen LogP contribution in [0.25, 0.3) is 0 Å². The van der Waals surface area contributed by atoms with Crippen LogP contribution in [0.1, 0.15) is 48.5 Å². The van der Waals surface area contributed by atoms with Crippen LogP contribution in [0.2, 0.25) is 0 Å². The second-order valence-corrected chi connectivity index (χ2v) is 8.53. The van der Waals surface area contributed by atoms with Crippen LogP contribution in [0, 0.1) is 6.92 Å². The molecule has 0 saturated carbocycles. The van der Waals surface area contributed by atoms with Crippen molar-refractivity contribution in [1.82, 2.24) is 9.62 Å². The van der Waals surface area contributed by atoms with Crippen molar-refractivity contribution in [3.63, 3.8) is 0 Å². The average Bonchev–Trinajstić information content (AvgIpc) is 2.62. The highest BCUT2D eigenvalue weighted by Crippen LogP contribution is 2.24. The Bertz CT molecular complexity index is 777. The molecule has 8 heteroatoms. The van der Waals surface area contributed by atoms with Gasteiger partial charge in [0.2, 0.25) is 15.9 Å². The number of hydrogen-bond acceptors (Lipinski definition) is 4. The lowest BCUT2D eigenvalue weighted by atomic mass is 10.0. The smallest absolute Gasteiger partial charge is 0.251 e. The quantitative estimate of drug-likeness (QED) is 0.786. The highest BCUT2D eigenvalue weighted by Gasteiger charge is 2.36. The van der Waals surface area contributed by atoms with E-state index in [2.05, 4.69) is 10.6 Å². The minimum atomic E-state index is -3.45. The highest BCUT2D eigenvalue weighted by atomic mass is 32.2. The molecule has 2 amide bonds. The summed E-state index contributed by atoms with van der Waals surface area (Å²) in [5.74, 6) is -0.535. The first-order valence-electron chi connectivity index (χ1n) is 8.94. The van der Waals surface area contributed by atoms with Gasteiger partial charge >= 0.3 is 0 Å². The van der Waals surface area contributed by atoms with Crippen molar-refractivity contribution in [3.8, 4) is 0 Å². The van der Waals surface area contributed by atoms with Gasteiger partial charge in [-0.3, -0.25) is 9.59 Å². The maximum Gasteiger partial charge on any atom is 0.251 e. The summed E-state index contributed by atoms with van der Waals surface area (Å²) in [6.45, 7) is 3.94. The van der Waals surface area contributed by atoms with Gasteiger partial charge in [0.15, 0.2) is 0 Å². The fraction of sp³-hybridized carbons (Fsp3) is 0.556. The first-order chi connectivity index (χ1) is 12.3. The van der Waals surface area contributed by atoms with Crippen LogP contribution < -0.4 is 10.6 Å². The minimum Gasteiger partial charge on any atom is -0.355 e. The molecule has 2 N–H and O–H groups in total. The maximum atomic E-state index is 12.8. The summed E-state index contributed by atoms with van der Waals surface area (Å²) >= 11 is 0. The van der Waals surface area contributed by atoms with E-state index in [1.54, 1.807) is 32.2 Å². The molecule has 0 bridgehead atoms. The fourth-order valence-corrected chi connectivity index (χ4v) is 4.99. The van der Waals surface area contributed by atoms with Crippen molar-refractivity contribution in [1.29, 1.82) is 0 Å². The molecule has 1 heterocycles. The molecule has 0 spiro atoms. The molecule has 1 aromatic rings. The Hall–Kier alpha value is -1.93. The number of carbonyl (C=O) groups is 2. The van der Waals surface area contributed by atoms with E-state index in [9.17, 15) is 18.0 Å². The van der Waals surface area contributed by atoms with Crippen molar-refractivity contribution in [3.05, 3.63) is 29.3 Å². The number of nitrogens with zero attached hydrogens (tertiary/aromatic N) is 1. The largest absolute Gasteiger partial charge is 0.355 e. The van der Waals surface area contributed by atoms with Gasteiger partial charge in [-0.2, -0.15) is 4.31 Å². The van der Waals surface area contributed by atoms with Crippen LogP contribution in [-0.2, 0) is 14.8 Å². The van der Waals surface area contributed by atoms with E-state index in [0.717, 1.165) is 12.8 Å². The van der Waals surface area contributed by atoms with E-state index < -0.39 is 16.1 Å². The summed E-state index contributed by atoms with van der Waals surface area (Å²) in [5, 5.41) is 5.39. The van der Waals surface area contributed by atoms with Crippen molar-refractivity contribution in [2.24, 2.45) is 0 Å². The Kier molecular flexibility index (Phi) is 6.77. The third kappa shape index (κ3) is 4.42. The van der Waals surface area contributed by atoms with Crippen LogP contribution in [-0.4, -0.2) is 49.9 Å². The van der Waals surface area contributed by atoms with Gasteiger partial charge in [-0.1, -0.05) is 19.4 Å². The zero-order valence-corrected chi connectivity index (χ0v) is 16.4. The topological polar surface area (TPSA) is 95.6 Å². The lowest BCUT2D eigenvalue weighted by Gasteiger charge is -2.33. The third-order valence-electron chi connectivity index (χ3n) is 4.64. The second kappa shape index (κ2) is 8.64. The first kappa shape index (κ1) is 20.4. The zero-order valence-electron chi connectivity index (χ0n) is 15.5. The van der Waals surface area contributed by atoms with Crippen molar-refractivity contribution in [2.45, 2.75) is 45.6 Å². The molecule has 1 saturated heterocycles. The number of carbonyl (C=O) groups excluding carboxylic acids is 2. The highest BCUT2D eigenvalue weighted by molar-refractivity contribution is 7.89. The van der Waals surface area contributed by atoms with Gasteiger partial charge in [0.25, 0.3) is 5.91 Å². The molecule has 2 rings (SSSR count). The number of nitrogens with one attached hydrogen (secondary N) is 2. The summed E-state index contributed by atoms with van der Waals surface area (Å²) in [7, 11) is -1.90. The summed E-state index contributed by atoms with van der Waals surface area (Å²) in [6, 6.07) is 4.39. The van der Waals surface area contributed by atoms with Crippen molar-refractivity contribution < 1.29 is 18.0 Å². The van der Waals surface area contributed by atoms with Crippen LogP contribution in [0.4, 0.5) is 5.69 Å². The molecule has 1 fully saturated rings. The van der Waals surface area contributed by atoms with Crippen molar-refractivity contribution in [2.75, 3.05) is 24.7 Å². The van der Waals surface area contributed by atoms with E-state index in [-0.39, 0.29) is 17.6 Å². The summed E-state index contributed by atoms with van der Waals surface area (Å²) in [5.41, 5.74) is 1.65. The van der Waals surface area contributed by atoms with Crippen molar-refractivity contribution >= 4 is 27.5 Å². The van der Waals surface area contributed by atoms with Gasteiger partial charge < -0.3 is 10.6 Å². The maximum absolute atomic E-state index is 12.8. The molecule has 1 aliphatic rings. The van der Waals surface area contributed by atoms with E-state index in [4.69, 9.17) is 0 Å². The lowest BCUT2D eigenvalue weighted by molar-refractivity contribution is -0.120. The van der Waals surface area contributed by atoms with Gasteiger partial charge in [0.05, 0.1) is 5.75 Å². The number of benzene rings is 1. The molecule has 26 heavy (non-hydrogen) atoms. The number of piperidine rings is 1. The predicted octanol–water partition coefficient (Wildman–Crippen LogP) is 1.89. The Morgan fingerprint density at radius 1 is 1.27 bits per heavy atom. The fourth-order valence-electron chi connectivity index (χ4n) is 3.24. The van der Waals surface area contributed by atoms with Crippen LogP contribution in [0.15, 0.2) is 18.2 Å². The average molecular weight is 381 g/mol. The van der Waals surface area contributed by atoms with Gasteiger partial charge in [0, 0.05) is 24.8 Å². The predicted molar refractivity (Wildman–Crippen MR) is 102 cm³/mol. The van der Waals surface area contributed by atoms with E-state index in [0.29, 0.717) is 36.2 Å². The van der Waals surface area contributed by atoms with Gasteiger partial charge in [-0.25, -0.2) is 8.42 Å². The number of anilines is 1. The second-order valence-electron chi connectivity index (χ2n) is 6.48. The van der Waals surface area contributed by atoms with E-state index >= 15 is 0 Å². The van der Waals surface area contributed by atoms with Gasteiger partial charge in [-0.05, 0) is 43.9 Å². The number of hydrogen-bond donors (Lipinski definition) is 2. The van der Waals surface area contributed by atoms with Gasteiger partial charge in [-0.15, -0.1) is 0 Å². The first-order valence-corrected chi connectivity index (χ1v) is 10.5. The molecular weight excluding hydrogens is 354 g/mol.